The third-order valence-electron chi connectivity index (χ3n) is 3.93. The van der Waals surface area contributed by atoms with Crippen LogP contribution in [0.1, 0.15) is 46.0 Å². The van der Waals surface area contributed by atoms with Crippen LogP contribution in [-0.2, 0) is 23.9 Å². The quantitative estimate of drug-likeness (QED) is 0.308. The summed E-state index contributed by atoms with van der Waals surface area (Å²) in [5.41, 5.74) is 5.74. The van der Waals surface area contributed by atoms with Crippen LogP contribution in [0.2, 0.25) is 0 Å². The number of likely N-dealkylation sites (tertiary alicyclic amines) is 1. The number of amides is 2. The van der Waals surface area contributed by atoms with Crippen LogP contribution < -0.4 is 5.73 Å². The number of unbranched alkanes of at least 4 members (excludes halogenated alkanes) is 2. The Hall–Kier alpha value is -1.61. The molecule has 0 spiro atoms. The van der Waals surface area contributed by atoms with Crippen LogP contribution in [-0.4, -0.2) is 63.5 Å². The largest absolute Gasteiger partial charge is 0.481 e. The smallest absolute Gasteiger partial charge is 0.323 e. The predicted molar refractivity (Wildman–Crippen MR) is 92.9 cm³/mol. The molecule has 1 heterocycles. The van der Waals surface area contributed by atoms with E-state index in [0.29, 0.717) is 19.3 Å². The summed E-state index contributed by atoms with van der Waals surface area (Å²) in [6.07, 6.45) is 1.89. The summed E-state index contributed by atoms with van der Waals surface area (Å²) in [7, 11) is 0. The molecule has 2 amide bonds. The van der Waals surface area contributed by atoms with E-state index < -0.39 is 22.7 Å². The lowest BCUT2D eigenvalue weighted by Crippen LogP contribution is -2.40. The van der Waals surface area contributed by atoms with E-state index >= 15 is 0 Å². The van der Waals surface area contributed by atoms with Crippen molar-refractivity contribution in [3.8, 4) is 0 Å². The number of esters is 1. The maximum atomic E-state index is 12.6. The minimum absolute atomic E-state index is 0.0706. The van der Waals surface area contributed by atoms with Crippen molar-refractivity contribution in [3.05, 3.63) is 0 Å². The van der Waals surface area contributed by atoms with Gasteiger partial charge in [0.25, 0.3) is 0 Å². The van der Waals surface area contributed by atoms with Crippen LogP contribution in [0.15, 0.2) is 0 Å². The van der Waals surface area contributed by atoms with Crippen molar-refractivity contribution in [1.82, 2.24) is 4.90 Å². The number of nitrogens with zero attached hydrogens (tertiary/aromatic N) is 1. The lowest BCUT2D eigenvalue weighted by atomic mass is 10.1. The van der Waals surface area contributed by atoms with E-state index in [2.05, 4.69) is 0 Å². The van der Waals surface area contributed by atoms with Crippen molar-refractivity contribution in [3.63, 3.8) is 0 Å². The van der Waals surface area contributed by atoms with Gasteiger partial charge >= 0.3 is 11.9 Å². The van der Waals surface area contributed by atoms with Crippen molar-refractivity contribution < 1.29 is 29.0 Å². The third-order valence-corrected chi connectivity index (χ3v) is 5.41. The molecule has 1 aliphatic heterocycles. The molecule has 0 aromatic carbocycles. The normalized spacial score (nSPS) is 21.5. The zero-order valence-electron chi connectivity index (χ0n) is 14.7. The van der Waals surface area contributed by atoms with E-state index in [1.807, 2.05) is 0 Å². The van der Waals surface area contributed by atoms with E-state index in [0.717, 1.165) is 0 Å². The molecule has 0 radical (unpaired) electrons. The number of hydrogen-bond acceptors (Lipinski definition) is 7. The first-order valence-electron chi connectivity index (χ1n) is 8.34. The molecule has 0 aliphatic carbocycles. The molecule has 2 atom stereocenters. The Morgan fingerprint density at radius 1 is 1.36 bits per heavy atom. The summed E-state index contributed by atoms with van der Waals surface area (Å²) in [6, 6.07) is -0.838. The molecule has 0 aromatic heterocycles. The average Bonchev–Trinajstić information content (AvgIpc) is 2.75. The van der Waals surface area contributed by atoms with Crippen LogP contribution in [0.25, 0.3) is 0 Å². The third kappa shape index (κ3) is 6.32. The highest BCUT2D eigenvalue weighted by molar-refractivity contribution is 8.01. The van der Waals surface area contributed by atoms with Crippen molar-refractivity contribution in [1.29, 1.82) is 0 Å². The zero-order chi connectivity index (χ0) is 19.0. The van der Waals surface area contributed by atoms with Gasteiger partial charge in [-0.3, -0.25) is 24.1 Å². The number of rotatable bonds is 11. The number of aliphatic carboxylic acids is 1. The second-order valence-electron chi connectivity index (χ2n) is 6.13. The average molecular weight is 374 g/mol. The Morgan fingerprint density at radius 3 is 2.64 bits per heavy atom. The van der Waals surface area contributed by atoms with E-state index in [-0.39, 0.29) is 43.6 Å². The highest BCUT2D eigenvalue weighted by atomic mass is 32.2. The lowest BCUT2D eigenvalue weighted by Gasteiger charge is -2.23. The fourth-order valence-corrected chi connectivity index (χ4v) is 3.65. The molecule has 1 aliphatic rings. The van der Waals surface area contributed by atoms with E-state index in [9.17, 15) is 19.2 Å². The minimum atomic E-state index is -0.928. The molecule has 142 valence electrons. The van der Waals surface area contributed by atoms with Gasteiger partial charge in [-0.15, -0.1) is 11.8 Å². The molecule has 0 saturated carbocycles. The summed E-state index contributed by atoms with van der Waals surface area (Å²) in [6.45, 7) is 3.89. The molecule has 9 heteroatoms. The SMILES string of the molecule is CCOC(=O)[C@@H](N)CS[C@@]1(C)CC(=O)N(CCCCCC(=O)O)C1=O. The van der Waals surface area contributed by atoms with Gasteiger partial charge in [-0.2, -0.15) is 0 Å². The van der Waals surface area contributed by atoms with E-state index in [1.165, 1.54) is 16.7 Å². The van der Waals surface area contributed by atoms with Gasteiger partial charge in [0.2, 0.25) is 11.8 Å². The molecule has 0 aromatic rings. The molecule has 1 rings (SSSR count). The molecule has 1 saturated heterocycles. The molecule has 25 heavy (non-hydrogen) atoms. The Morgan fingerprint density at radius 2 is 2.04 bits per heavy atom. The molecule has 3 N–H and O–H groups in total. The van der Waals surface area contributed by atoms with Gasteiger partial charge in [0.05, 0.1) is 13.0 Å². The first-order valence-corrected chi connectivity index (χ1v) is 9.32. The zero-order valence-corrected chi connectivity index (χ0v) is 15.5. The van der Waals surface area contributed by atoms with Crippen LogP contribution in [0.5, 0.6) is 0 Å². The Labute approximate surface area is 151 Å². The van der Waals surface area contributed by atoms with Crippen molar-refractivity contribution in [2.24, 2.45) is 5.73 Å². The highest BCUT2D eigenvalue weighted by Gasteiger charge is 2.48. The number of carbonyl (C=O) groups excluding carboxylic acids is 3. The Bertz CT molecular complexity index is 527. The summed E-state index contributed by atoms with van der Waals surface area (Å²) in [5, 5.41) is 8.59. The second-order valence-corrected chi connectivity index (χ2v) is 7.66. The minimum Gasteiger partial charge on any atom is -0.481 e. The summed E-state index contributed by atoms with van der Waals surface area (Å²) < 4.78 is 3.90. The number of thioether (sulfide) groups is 1. The first kappa shape index (κ1) is 21.4. The number of ether oxygens (including phenoxy) is 1. The number of carboxylic acids is 1. The van der Waals surface area contributed by atoms with Gasteiger partial charge in [-0.25, -0.2) is 0 Å². The fourth-order valence-electron chi connectivity index (χ4n) is 2.51. The monoisotopic (exact) mass is 374 g/mol. The van der Waals surface area contributed by atoms with Crippen LogP contribution in [0.3, 0.4) is 0 Å². The van der Waals surface area contributed by atoms with Crippen LogP contribution >= 0.6 is 11.8 Å². The van der Waals surface area contributed by atoms with Gasteiger partial charge in [0, 0.05) is 18.7 Å². The maximum absolute atomic E-state index is 12.6. The topological polar surface area (TPSA) is 127 Å². The number of carbonyl (C=O) groups is 4. The number of hydrogen-bond donors (Lipinski definition) is 2. The summed E-state index contributed by atoms with van der Waals surface area (Å²) >= 11 is 1.20. The predicted octanol–water partition coefficient (Wildman–Crippen LogP) is 0.773. The standard InChI is InChI=1S/C16H26N2O6S/c1-3-24-14(22)11(17)10-25-16(2)9-12(19)18(15(16)23)8-6-4-5-7-13(20)21/h11H,3-10,17H2,1-2H3,(H,20,21)/t11-,16-/m0/s1. The van der Waals surface area contributed by atoms with Gasteiger partial charge in [-0.1, -0.05) is 6.42 Å². The molecule has 0 bridgehead atoms. The summed E-state index contributed by atoms with van der Waals surface area (Å²) in [5.74, 6) is -1.71. The van der Waals surface area contributed by atoms with Gasteiger partial charge in [-0.05, 0) is 26.7 Å². The summed E-state index contributed by atoms with van der Waals surface area (Å²) in [4.78, 5) is 47.9. The van der Waals surface area contributed by atoms with Crippen molar-refractivity contribution >= 4 is 35.5 Å². The molecular formula is C16H26N2O6S. The number of imide groups is 1. The van der Waals surface area contributed by atoms with Gasteiger partial charge < -0.3 is 15.6 Å². The van der Waals surface area contributed by atoms with Crippen molar-refractivity contribution in [2.75, 3.05) is 18.9 Å². The van der Waals surface area contributed by atoms with Crippen molar-refractivity contribution in [2.45, 2.75) is 56.7 Å². The molecular weight excluding hydrogens is 348 g/mol. The van der Waals surface area contributed by atoms with Gasteiger partial charge in [0.1, 0.15) is 10.8 Å². The Balaban J connectivity index is 2.48. The molecule has 1 fully saturated rings. The second kappa shape index (κ2) is 9.76. The Kier molecular flexibility index (Phi) is 8.37. The lowest BCUT2D eigenvalue weighted by molar-refractivity contribution is -0.144. The van der Waals surface area contributed by atoms with Gasteiger partial charge in [0.15, 0.2) is 0 Å². The van der Waals surface area contributed by atoms with E-state index in [4.69, 9.17) is 15.6 Å². The van der Waals surface area contributed by atoms with Crippen LogP contribution in [0.4, 0.5) is 0 Å². The maximum Gasteiger partial charge on any atom is 0.323 e. The highest BCUT2D eigenvalue weighted by Crippen LogP contribution is 2.37. The van der Waals surface area contributed by atoms with Crippen LogP contribution in [0, 0.1) is 0 Å². The fraction of sp³-hybridized carbons (Fsp3) is 0.750. The number of nitrogens with two attached hydrogens (primary N) is 1. The molecule has 0 unspecified atom stereocenters. The number of carboxylic acid groups (broad SMARTS) is 1. The van der Waals surface area contributed by atoms with E-state index in [1.54, 1.807) is 13.8 Å². The first-order chi connectivity index (χ1) is 11.7. The molecule has 8 nitrogen and oxygen atoms in total.